The van der Waals surface area contributed by atoms with Crippen molar-refractivity contribution in [1.82, 2.24) is 25.1 Å². The summed E-state index contributed by atoms with van der Waals surface area (Å²) in [5, 5.41) is 11.0. The van der Waals surface area contributed by atoms with Crippen molar-refractivity contribution in [3.8, 4) is 5.82 Å². The van der Waals surface area contributed by atoms with Gasteiger partial charge in [0.05, 0.1) is 11.9 Å². The first-order valence-corrected chi connectivity index (χ1v) is 10.2. The SMILES string of the molecule is Cc1cc(C)cc(Nc2ncc(F)c(-n3cc(CNCc4ccccc4)c(C)n3)n2)c1. The van der Waals surface area contributed by atoms with E-state index in [0.717, 1.165) is 40.8 Å². The lowest BCUT2D eigenvalue weighted by atomic mass is 10.1. The maximum atomic E-state index is 14.5. The van der Waals surface area contributed by atoms with Crippen LogP contribution in [0.15, 0.2) is 60.9 Å². The molecule has 0 aliphatic heterocycles. The fourth-order valence-corrected chi connectivity index (χ4v) is 3.47. The van der Waals surface area contributed by atoms with Gasteiger partial charge in [-0.2, -0.15) is 10.1 Å². The summed E-state index contributed by atoms with van der Waals surface area (Å²) < 4.78 is 16.0. The van der Waals surface area contributed by atoms with Crippen molar-refractivity contribution in [1.29, 1.82) is 0 Å². The van der Waals surface area contributed by atoms with E-state index in [1.165, 1.54) is 10.2 Å². The number of nitrogens with zero attached hydrogens (tertiary/aromatic N) is 4. The molecule has 158 valence electrons. The first kappa shape index (κ1) is 20.7. The average Bonchev–Trinajstić information content (AvgIpc) is 3.10. The molecule has 2 aromatic heterocycles. The Bertz CT molecular complexity index is 1170. The van der Waals surface area contributed by atoms with E-state index in [-0.39, 0.29) is 5.82 Å². The summed E-state index contributed by atoms with van der Waals surface area (Å²) in [6, 6.07) is 16.2. The largest absolute Gasteiger partial charge is 0.324 e. The van der Waals surface area contributed by atoms with E-state index in [1.807, 2.05) is 51.1 Å². The van der Waals surface area contributed by atoms with Crippen LogP contribution in [0.4, 0.5) is 16.0 Å². The normalized spacial score (nSPS) is 11.0. The minimum Gasteiger partial charge on any atom is -0.324 e. The van der Waals surface area contributed by atoms with Crippen molar-refractivity contribution in [2.24, 2.45) is 0 Å². The third kappa shape index (κ3) is 5.13. The van der Waals surface area contributed by atoms with Crippen LogP contribution in [0, 0.1) is 26.6 Å². The Hall–Kier alpha value is -3.58. The number of anilines is 2. The number of benzene rings is 2. The Labute approximate surface area is 181 Å². The van der Waals surface area contributed by atoms with E-state index in [4.69, 9.17) is 0 Å². The molecule has 6 nitrogen and oxygen atoms in total. The highest BCUT2D eigenvalue weighted by Crippen LogP contribution is 2.19. The summed E-state index contributed by atoms with van der Waals surface area (Å²) in [6.45, 7) is 7.33. The highest BCUT2D eigenvalue weighted by atomic mass is 19.1. The van der Waals surface area contributed by atoms with Crippen LogP contribution in [-0.2, 0) is 13.1 Å². The number of hydrogen-bond acceptors (Lipinski definition) is 5. The molecule has 31 heavy (non-hydrogen) atoms. The Morgan fingerprint density at radius 2 is 1.71 bits per heavy atom. The van der Waals surface area contributed by atoms with E-state index in [1.54, 1.807) is 6.20 Å². The van der Waals surface area contributed by atoms with Gasteiger partial charge in [0, 0.05) is 30.5 Å². The monoisotopic (exact) mass is 416 g/mol. The van der Waals surface area contributed by atoms with Crippen LogP contribution >= 0.6 is 0 Å². The third-order valence-corrected chi connectivity index (χ3v) is 4.91. The maximum Gasteiger partial charge on any atom is 0.229 e. The molecule has 4 aromatic rings. The van der Waals surface area contributed by atoms with E-state index >= 15 is 0 Å². The van der Waals surface area contributed by atoms with E-state index < -0.39 is 5.82 Å². The zero-order chi connectivity index (χ0) is 21.8. The predicted molar refractivity (Wildman–Crippen MR) is 120 cm³/mol. The van der Waals surface area contributed by atoms with Crippen LogP contribution in [-0.4, -0.2) is 19.7 Å². The molecule has 2 heterocycles. The van der Waals surface area contributed by atoms with Crippen LogP contribution in [0.5, 0.6) is 0 Å². The Morgan fingerprint density at radius 1 is 0.968 bits per heavy atom. The molecule has 0 atom stereocenters. The highest BCUT2D eigenvalue weighted by Gasteiger charge is 2.13. The van der Waals surface area contributed by atoms with Crippen molar-refractivity contribution >= 4 is 11.6 Å². The molecular formula is C24H25FN6. The van der Waals surface area contributed by atoms with Gasteiger partial charge in [-0.05, 0) is 49.6 Å². The number of hydrogen-bond donors (Lipinski definition) is 2. The van der Waals surface area contributed by atoms with Gasteiger partial charge in [0.15, 0.2) is 11.6 Å². The first-order valence-electron chi connectivity index (χ1n) is 10.2. The molecule has 0 amide bonds. The minimum atomic E-state index is -0.530. The number of aromatic nitrogens is 4. The standard InChI is InChI=1S/C24H25FN6/c1-16-9-17(2)11-21(10-16)28-24-27-14-22(25)23(29-24)31-15-20(18(3)30-31)13-26-12-19-7-5-4-6-8-19/h4-11,14-15,26H,12-13H2,1-3H3,(H,27,28,29). The van der Waals surface area contributed by atoms with Gasteiger partial charge in [0.2, 0.25) is 5.95 Å². The predicted octanol–water partition coefficient (Wildman–Crippen LogP) is 4.76. The smallest absolute Gasteiger partial charge is 0.229 e. The number of halogens is 1. The maximum absolute atomic E-state index is 14.5. The summed E-state index contributed by atoms with van der Waals surface area (Å²) in [5.41, 5.74) is 6.12. The van der Waals surface area contributed by atoms with Gasteiger partial charge in [0.1, 0.15) is 0 Å². The summed E-state index contributed by atoms with van der Waals surface area (Å²) in [6.07, 6.45) is 2.97. The van der Waals surface area contributed by atoms with E-state index in [9.17, 15) is 4.39 Å². The highest BCUT2D eigenvalue weighted by molar-refractivity contribution is 5.56. The molecule has 7 heteroatoms. The van der Waals surface area contributed by atoms with Crippen LogP contribution in [0.25, 0.3) is 5.82 Å². The molecule has 4 rings (SSSR count). The second-order valence-corrected chi connectivity index (χ2v) is 7.64. The van der Waals surface area contributed by atoms with Crippen LogP contribution in [0.2, 0.25) is 0 Å². The zero-order valence-electron chi connectivity index (χ0n) is 17.9. The van der Waals surface area contributed by atoms with Crippen molar-refractivity contribution < 1.29 is 4.39 Å². The topological polar surface area (TPSA) is 67.7 Å². The lowest BCUT2D eigenvalue weighted by Crippen LogP contribution is -2.12. The molecule has 0 spiro atoms. The van der Waals surface area contributed by atoms with Gasteiger partial charge in [-0.15, -0.1) is 0 Å². The third-order valence-electron chi connectivity index (χ3n) is 4.91. The summed E-state index contributed by atoms with van der Waals surface area (Å²) in [5.74, 6) is -0.102. The number of nitrogens with one attached hydrogen (secondary N) is 2. The molecule has 0 fully saturated rings. The van der Waals surface area contributed by atoms with Crippen molar-refractivity contribution in [2.75, 3.05) is 5.32 Å². The van der Waals surface area contributed by atoms with Crippen molar-refractivity contribution in [3.05, 3.63) is 94.7 Å². The molecule has 0 saturated heterocycles. The lowest BCUT2D eigenvalue weighted by molar-refractivity contribution is 0.593. The summed E-state index contributed by atoms with van der Waals surface area (Å²) >= 11 is 0. The molecule has 0 aliphatic carbocycles. The first-order chi connectivity index (χ1) is 15.0. The number of rotatable bonds is 7. The minimum absolute atomic E-state index is 0.110. The fourth-order valence-electron chi connectivity index (χ4n) is 3.47. The summed E-state index contributed by atoms with van der Waals surface area (Å²) in [7, 11) is 0. The van der Waals surface area contributed by atoms with Gasteiger partial charge < -0.3 is 10.6 Å². The van der Waals surface area contributed by atoms with Gasteiger partial charge in [-0.1, -0.05) is 36.4 Å². The molecule has 2 N–H and O–H groups in total. The van der Waals surface area contributed by atoms with Gasteiger partial charge in [-0.25, -0.2) is 14.1 Å². The van der Waals surface area contributed by atoms with Gasteiger partial charge >= 0.3 is 0 Å². The Morgan fingerprint density at radius 3 is 2.45 bits per heavy atom. The number of aryl methyl sites for hydroxylation is 3. The molecule has 0 aliphatic rings. The molecule has 0 saturated carbocycles. The molecule has 0 radical (unpaired) electrons. The van der Waals surface area contributed by atoms with E-state index in [2.05, 4.69) is 43.9 Å². The van der Waals surface area contributed by atoms with Crippen molar-refractivity contribution in [2.45, 2.75) is 33.9 Å². The Balaban J connectivity index is 1.51. The Kier molecular flexibility index (Phi) is 6.04. The zero-order valence-corrected chi connectivity index (χ0v) is 17.9. The molecule has 0 bridgehead atoms. The summed E-state index contributed by atoms with van der Waals surface area (Å²) in [4.78, 5) is 8.44. The van der Waals surface area contributed by atoms with Crippen molar-refractivity contribution in [3.63, 3.8) is 0 Å². The van der Waals surface area contributed by atoms with Gasteiger partial charge in [-0.3, -0.25) is 0 Å². The molecule has 0 unspecified atom stereocenters. The van der Waals surface area contributed by atoms with Crippen LogP contribution in [0.1, 0.15) is 27.9 Å². The molecular weight excluding hydrogens is 391 g/mol. The van der Waals surface area contributed by atoms with Crippen LogP contribution in [0.3, 0.4) is 0 Å². The quantitative estimate of drug-likeness (QED) is 0.455. The van der Waals surface area contributed by atoms with Crippen LogP contribution < -0.4 is 10.6 Å². The molecule has 2 aromatic carbocycles. The fraction of sp³-hybridized carbons (Fsp3) is 0.208. The second-order valence-electron chi connectivity index (χ2n) is 7.64. The second kappa shape index (κ2) is 9.06. The lowest BCUT2D eigenvalue weighted by Gasteiger charge is -2.09. The van der Waals surface area contributed by atoms with E-state index in [0.29, 0.717) is 12.5 Å². The van der Waals surface area contributed by atoms with Gasteiger partial charge in [0.25, 0.3) is 0 Å². The average molecular weight is 417 g/mol.